The molecule has 0 bridgehead atoms. The SMILES string of the molecule is COc1nc(-c2cccnc2)cn1C(=O)NCCC(C)C. The molecule has 0 aliphatic rings. The lowest BCUT2D eigenvalue weighted by Gasteiger charge is -2.08. The number of hydrogen-bond acceptors (Lipinski definition) is 4. The topological polar surface area (TPSA) is 69.0 Å². The van der Waals surface area contributed by atoms with Crippen molar-refractivity contribution in [3.05, 3.63) is 30.7 Å². The predicted molar refractivity (Wildman–Crippen MR) is 80.3 cm³/mol. The summed E-state index contributed by atoms with van der Waals surface area (Å²) in [7, 11) is 1.49. The molecule has 0 unspecified atom stereocenters. The molecule has 6 heteroatoms. The van der Waals surface area contributed by atoms with Crippen LogP contribution in [0.3, 0.4) is 0 Å². The van der Waals surface area contributed by atoms with Gasteiger partial charge in [0, 0.05) is 30.7 Å². The minimum absolute atomic E-state index is 0.241. The Labute approximate surface area is 124 Å². The van der Waals surface area contributed by atoms with Gasteiger partial charge >= 0.3 is 12.0 Å². The fourth-order valence-corrected chi connectivity index (χ4v) is 1.86. The van der Waals surface area contributed by atoms with Gasteiger partial charge in [-0.05, 0) is 24.5 Å². The molecular weight excluding hydrogens is 268 g/mol. The molecule has 21 heavy (non-hydrogen) atoms. The number of amides is 1. The van der Waals surface area contributed by atoms with Crippen LogP contribution in [-0.4, -0.2) is 34.2 Å². The largest absolute Gasteiger partial charge is 0.468 e. The normalized spacial score (nSPS) is 10.7. The number of hydrogen-bond donors (Lipinski definition) is 1. The van der Waals surface area contributed by atoms with E-state index in [1.54, 1.807) is 18.6 Å². The van der Waals surface area contributed by atoms with Gasteiger partial charge in [0.2, 0.25) is 0 Å². The number of nitrogens with zero attached hydrogens (tertiary/aromatic N) is 3. The van der Waals surface area contributed by atoms with E-state index >= 15 is 0 Å². The molecule has 1 amide bonds. The maximum absolute atomic E-state index is 12.2. The van der Waals surface area contributed by atoms with E-state index in [0.717, 1.165) is 12.0 Å². The number of aromatic nitrogens is 3. The van der Waals surface area contributed by atoms with Crippen molar-refractivity contribution in [3.63, 3.8) is 0 Å². The second-order valence-corrected chi connectivity index (χ2v) is 5.14. The first-order valence-electron chi connectivity index (χ1n) is 6.93. The van der Waals surface area contributed by atoms with E-state index < -0.39 is 0 Å². The van der Waals surface area contributed by atoms with Crippen molar-refractivity contribution in [2.75, 3.05) is 13.7 Å². The Bertz CT molecular complexity index is 593. The van der Waals surface area contributed by atoms with Crippen LogP contribution in [0, 0.1) is 5.92 Å². The molecule has 0 aliphatic heterocycles. The first kappa shape index (κ1) is 15.0. The maximum Gasteiger partial charge on any atom is 0.329 e. The minimum Gasteiger partial charge on any atom is -0.468 e. The van der Waals surface area contributed by atoms with Gasteiger partial charge in [-0.25, -0.2) is 9.36 Å². The van der Waals surface area contributed by atoms with Gasteiger partial charge in [0.15, 0.2) is 0 Å². The van der Waals surface area contributed by atoms with Gasteiger partial charge in [0.1, 0.15) is 0 Å². The lowest BCUT2D eigenvalue weighted by Crippen LogP contribution is -2.29. The molecule has 2 aromatic heterocycles. The third-order valence-corrected chi connectivity index (χ3v) is 3.03. The van der Waals surface area contributed by atoms with Crippen LogP contribution in [-0.2, 0) is 0 Å². The van der Waals surface area contributed by atoms with Crippen LogP contribution in [0.4, 0.5) is 4.79 Å². The lowest BCUT2D eigenvalue weighted by atomic mass is 10.1. The summed E-state index contributed by atoms with van der Waals surface area (Å²) in [6, 6.07) is 3.73. The van der Waals surface area contributed by atoms with Crippen LogP contribution < -0.4 is 10.1 Å². The molecule has 2 heterocycles. The molecule has 0 saturated carbocycles. The van der Waals surface area contributed by atoms with Crippen molar-refractivity contribution in [2.24, 2.45) is 5.92 Å². The Balaban J connectivity index is 2.16. The highest BCUT2D eigenvalue weighted by molar-refractivity contribution is 5.79. The third-order valence-electron chi connectivity index (χ3n) is 3.03. The fourth-order valence-electron chi connectivity index (χ4n) is 1.86. The van der Waals surface area contributed by atoms with Crippen LogP contribution >= 0.6 is 0 Å². The van der Waals surface area contributed by atoms with E-state index in [1.807, 2.05) is 12.1 Å². The van der Waals surface area contributed by atoms with Gasteiger partial charge in [-0.15, -0.1) is 0 Å². The molecule has 2 rings (SSSR count). The molecule has 0 spiro atoms. The highest BCUT2D eigenvalue weighted by atomic mass is 16.5. The Hall–Kier alpha value is -2.37. The van der Waals surface area contributed by atoms with Gasteiger partial charge in [0.05, 0.1) is 12.8 Å². The molecular formula is C15H20N4O2. The summed E-state index contributed by atoms with van der Waals surface area (Å²) in [5.41, 5.74) is 1.49. The fraction of sp³-hybridized carbons (Fsp3) is 0.400. The zero-order valence-electron chi connectivity index (χ0n) is 12.5. The number of carbonyl (C=O) groups is 1. The molecule has 112 valence electrons. The van der Waals surface area contributed by atoms with Gasteiger partial charge in [0.25, 0.3) is 0 Å². The highest BCUT2D eigenvalue weighted by Gasteiger charge is 2.15. The van der Waals surface area contributed by atoms with Gasteiger partial charge < -0.3 is 10.1 Å². The van der Waals surface area contributed by atoms with Crippen LogP contribution in [0.15, 0.2) is 30.7 Å². The Morgan fingerprint density at radius 3 is 2.90 bits per heavy atom. The van der Waals surface area contributed by atoms with Crippen LogP contribution in [0.5, 0.6) is 6.01 Å². The summed E-state index contributed by atoms with van der Waals surface area (Å²) in [6.45, 7) is 4.86. The maximum atomic E-state index is 12.2. The number of imidazole rings is 1. The average molecular weight is 288 g/mol. The molecule has 2 aromatic rings. The quantitative estimate of drug-likeness (QED) is 0.918. The van der Waals surface area contributed by atoms with Crippen molar-refractivity contribution in [1.82, 2.24) is 19.9 Å². The van der Waals surface area contributed by atoms with Crippen LogP contribution in [0.2, 0.25) is 0 Å². The molecule has 0 aromatic carbocycles. The van der Waals surface area contributed by atoms with Crippen molar-refractivity contribution in [1.29, 1.82) is 0 Å². The number of pyridine rings is 1. The summed E-state index contributed by atoms with van der Waals surface area (Å²) >= 11 is 0. The summed E-state index contributed by atoms with van der Waals surface area (Å²) in [5.74, 6) is 0.543. The number of nitrogens with one attached hydrogen (secondary N) is 1. The van der Waals surface area contributed by atoms with E-state index in [9.17, 15) is 4.79 Å². The lowest BCUT2D eigenvalue weighted by molar-refractivity contribution is 0.237. The van der Waals surface area contributed by atoms with Gasteiger partial charge in [-0.1, -0.05) is 13.8 Å². The van der Waals surface area contributed by atoms with Crippen molar-refractivity contribution < 1.29 is 9.53 Å². The smallest absolute Gasteiger partial charge is 0.329 e. The van der Waals surface area contributed by atoms with E-state index in [1.165, 1.54) is 11.7 Å². The third kappa shape index (κ3) is 3.81. The van der Waals surface area contributed by atoms with Gasteiger partial charge in [-0.3, -0.25) is 4.98 Å². The number of methoxy groups -OCH3 is 1. The second kappa shape index (κ2) is 6.88. The monoisotopic (exact) mass is 288 g/mol. The van der Waals surface area contributed by atoms with Crippen molar-refractivity contribution in [3.8, 4) is 17.3 Å². The average Bonchev–Trinajstić information content (AvgIpc) is 2.92. The number of rotatable bonds is 5. The molecule has 0 radical (unpaired) electrons. The van der Waals surface area contributed by atoms with Crippen LogP contribution in [0.25, 0.3) is 11.3 Å². The Morgan fingerprint density at radius 2 is 2.29 bits per heavy atom. The first-order valence-corrected chi connectivity index (χ1v) is 6.93. The molecule has 0 saturated heterocycles. The zero-order chi connectivity index (χ0) is 15.2. The minimum atomic E-state index is -0.241. The molecule has 0 fully saturated rings. The summed E-state index contributed by atoms with van der Waals surface area (Å²) < 4.78 is 6.54. The summed E-state index contributed by atoms with van der Waals surface area (Å²) in [6.07, 6.45) is 5.97. The number of carbonyl (C=O) groups excluding carboxylic acids is 1. The Kier molecular flexibility index (Phi) is 4.92. The van der Waals surface area contributed by atoms with E-state index in [2.05, 4.69) is 29.1 Å². The predicted octanol–water partition coefficient (Wildman–Crippen LogP) is 2.56. The molecule has 0 aliphatic carbocycles. The zero-order valence-corrected chi connectivity index (χ0v) is 12.5. The molecule has 6 nitrogen and oxygen atoms in total. The molecule has 0 atom stereocenters. The van der Waals surface area contributed by atoms with E-state index in [0.29, 0.717) is 18.2 Å². The van der Waals surface area contributed by atoms with Crippen LogP contribution in [0.1, 0.15) is 20.3 Å². The van der Waals surface area contributed by atoms with Crippen molar-refractivity contribution >= 4 is 6.03 Å². The summed E-state index contributed by atoms with van der Waals surface area (Å²) in [5, 5.41) is 2.86. The van der Waals surface area contributed by atoms with Crippen molar-refractivity contribution in [2.45, 2.75) is 20.3 Å². The second-order valence-electron chi connectivity index (χ2n) is 5.14. The van der Waals surface area contributed by atoms with E-state index in [4.69, 9.17) is 4.74 Å². The summed E-state index contributed by atoms with van der Waals surface area (Å²) in [4.78, 5) is 20.5. The first-order chi connectivity index (χ1) is 10.1. The Morgan fingerprint density at radius 1 is 1.48 bits per heavy atom. The molecule has 1 N–H and O–H groups in total. The van der Waals surface area contributed by atoms with E-state index in [-0.39, 0.29) is 12.0 Å². The highest BCUT2D eigenvalue weighted by Crippen LogP contribution is 2.20. The van der Waals surface area contributed by atoms with Gasteiger partial charge in [-0.2, -0.15) is 4.98 Å². The standard InChI is InChI=1S/C15H20N4O2/c1-11(2)6-8-17-14(20)19-10-13(18-15(19)21-3)12-5-4-7-16-9-12/h4-5,7,9-11H,6,8H2,1-3H3,(H,17,20). The number of ether oxygens (including phenoxy) is 1.